The highest BCUT2D eigenvalue weighted by Gasteiger charge is 2.13. The number of hydrogen-bond acceptors (Lipinski definition) is 8. The fraction of sp³-hybridized carbons (Fsp3) is 0.214. The first-order valence-electron chi connectivity index (χ1n) is 12.0. The lowest BCUT2D eigenvalue weighted by Gasteiger charge is -2.13. The second kappa shape index (κ2) is 14.6. The standard InChI is InChI=1S/C28H30N4O7/c1-4-38-25-15-20(7-14-24(25)39-18-26(33)31-21-8-12-23(37-3)13-9-21)17-30-32-28(35)27(34)29-16-19-5-10-22(36-2)11-6-19/h5-15,17H,4,16,18H2,1-3H3,(H,29,34)(H,31,33)(H,32,35)/b30-17-. The first-order chi connectivity index (χ1) is 18.9. The van der Waals surface area contributed by atoms with Crippen LogP contribution in [0.1, 0.15) is 18.1 Å². The molecule has 0 saturated heterocycles. The molecule has 3 rings (SSSR count). The Morgan fingerprint density at radius 3 is 2.13 bits per heavy atom. The Morgan fingerprint density at radius 2 is 1.49 bits per heavy atom. The lowest BCUT2D eigenvalue weighted by Crippen LogP contribution is -2.37. The molecule has 0 heterocycles. The number of amides is 3. The smallest absolute Gasteiger partial charge is 0.329 e. The number of nitrogens with one attached hydrogen (secondary N) is 3. The number of carbonyl (C=O) groups is 3. The molecule has 0 unspecified atom stereocenters. The van der Waals surface area contributed by atoms with Crippen LogP contribution in [-0.2, 0) is 20.9 Å². The van der Waals surface area contributed by atoms with E-state index in [1.165, 1.54) is 6.21 Å². The highest BCUT2D eigenvalue weighted by Crippen LogP contribution is 2.28. The van der Waals surface area contributed by atoms with Crippen LogP contribution in [-0.4, -0.2) is 51.4 Å². The molecule has 3 aromatic rings. The summed E-state index contributed by atoms with van der Waals surface area (Å²) in [6, 6.07) is 18.9. The molecule has 3 aromatic carbocycles. The fourth-order valence-electron chi connectivity index (χ4n) is 3.23. The van der Waals surface area contributed by atoms with Crippen molar-refractivity contribution in [1.82, 2.24) is 10.7 Å². The van der Waals surface area contributed by atoms with E-state index in [1.807, 2.05) is 6.92 Å². The third kappa shape index (κ3) is 9.08. The zero-order valence-corrected chi connectivity index (χ0v) is 21.9. The summed E-state index contributed by atoms with van der Waals surface area (Å²) in [5.74, 6) is 0.0489. The van der Waals surface area contributed by atoms with Gasteiger partial charge in [0.1, 0.15) is 11.5 Å². The fourth-order valence-corrected chi connectivity index (χ4v) is 3.23. The molecule has 39 heavy (non-hydrogen) atoms. The van der Waals surface area contributed by atoms with E-state index in [0.717, 1.165) is 5.56 Å². The lowest BCUT2D eigenvalue weighted by molar-refractivity contribution is -0.139. The van der Waals surface area contributed by atoms with Gasteiger partial charge in [-0.05, 0) is 72.6 Å². The van der Waals surface area contributed by atoms with Gasteiger partial charge in [0.15, 0.2) is 18.1 Å². The Bertz CT molecular complexity index is 1290. The predicted octanol–water partition coefficient (Wildman–Crippen LogP) is 2.89. The van der Waals surface area contributed by atoms with Crippen LogP contribution in [0.2, 0.25) is 0 Å². The summed E-state index contributed by atoms with van der Waals surface area (Å²) in [4.78, 5) is 36.4. The molecule has 11 heteroatoms. The summed E-state index contributed by atoms with van der Waals surface area (Å²) in [7, 11) is 3.13. The van der Waals surface area contributed by atoms with Crippen molar-refractivity contribution in [2.75, 3.05) is 32.8 Å². The van der Waals surface area contributed by atoms with E-state index < -0.39 is 11.8 Å². The number of benzene rings is 3. The van der Waals surface area contributed by atoms with Gasteiger partial charge in [0.05, 0.1) is 27.0 Å². The SMILES string of the molecule is CCOc1cc(/C=N\NC(=O)C(=O)NCc2ccc(OC)cc2)ccc1OCC(=O)Nc1ccc(OC)cc1. The van der Waals surface area contributed by atoms with Crippen LogP contribution in [0.4, 0.5) is 5.69 Å². The number of methoxy groups -OCH3 is 2. The molecular weight excluding hydrogens is 504 g/mol. The van der Waals surface area contributed by atoms with Crippen LogP contribution in [0, 0.1) is 0 Å². The van der Waals surface area contributed by atoms with Crippen molar-refractivity contribution in [1.29, 1.82) is 0 Å². The third-order valence-electron chi connectivity index (χ3n) is 5.20. The average Bonchev–Trinajstić information content (AvgIpc) is 2.96. The van der Waals surface area contributed by atoms with Gasteiger partial charge in [-0.15, -0.1) is 0 Å². The monoisotopic (exact) mass is 534 g/mol. The van der Waals surface area contributed by atoms with Crippen molar-refractivity contribution < 1.29 is 33.3 Å². The summed E-state index contributed by atoms with van der Waals surface area (Å²) in [5.41, 5.74) is 4.18. The predicted molar refractivity (Wildman–Crippen MR) is 145 cm³/mol. The van der Waals surface area contributed by atoms with Gasteiger partial charge in [-0.3, -0.25) is 14.4 Å². The van der Waals surface area contributed by atoms with Gasteiger partial charge < -0.3 is 29.6 Å². The lowest BCUT2D eigenvalue weighted by atomic mass is 10.2. The number of anilines is 1. The number of hydrazone groups is 1. The van der Waals surface area contributed by atoms with Crippen LogP contribution >= 0.6 is 0 Å². The van der Waals surface area contributed by atoms with Gasteiger partial charge in [0.2, 0.25) is 0 Å². The van der Waals surface area contributed by atoms with E-state index >= 15 is 0 Å². The van der Waals surface area contributed by atoms with Crippen LogP contribution in [0.25, 0.3) is 0 Å². The Balaban J connectivity index is 1.50. The van der Waals surface area contributed by atoms with Crippen molar-refractivity contribution in [3.63, 3.8) is 0 Å². The van der Waals surface area contributed by atoms with E-state index in [4.69, 9.17) is 18.9 Å². The van der Waals surface area contributed by atoms with E-state index in [1.54, 1.807) is 80.9 Å². The maximum Gasteiger partial charge on any atom is 0.329 e. The molecule has 3 amide bonds. The average molecular weight is 535 g/mol. The largest absolute Gasteiger partial charge is 0.497 e. The maximum absolute atomic E-state index is 12.3. The van der Waals surface area contributed by atoms with Crippen LogP contribution < -0.4 is 35.0 Å². The van der Waals surface area contributed by atoms with Crippen molar-refractivity contribution in [2.24, 2.45) is 5.10 Å². The molecule has 0 aliphatic heterocycles. The molecule has 3 N–H and O–H groups in total. The summed E-state index contributed by atoms with van der Waals surface area (Å²) in [6.45, 7) is 2.12. The molecule has 0 atom stereocenters. The first kappa shape index (κ1) is 28.5. The molecule has 204 valence electrons. The molecule has 0 saturated carbocycles. The molecule has 11 nitrogen and oxygen atoms in total. The number of rotatable bonds is 12. The molecule has 0 bridgehead atoms. The second-order valence-electron chi connectivity index (χ2n) is 7.93. The summed E-state index contributed by atoms with van der Waals surface area (Å²) >= 11 is 0. The highest BCUT2D eigenvalue weighted by atomic mass is 16.5. The van der Waals surface area contributed by atoms with Gasteiger partial charge >= 0.3 is 11.8 Å². The van der Waals surface area contributed by atoms with Crippen molar-refractivity contribution >= 4 is 29.6 Å². The molecule has 0 radical (unpaired) electrons. The van der Waals surface area contributed by atoms with Gasteiger partial charge in [-0.1, -0.05) is 12.1 Å². The minimum Gasteiger partial charge on any atom is -0.497 e. The number of carbonyl (C=O) groups excluding carboxylic acids is 3. The quantitative estimate of drug-likeness (QED) is 0.185. The van der Waals surface area contributed by atoms with Crippen molar-refractivity contribution in [2.45, 2.75) is 13.5 Å². The number of hydrogen-bond donors (Lipinski definition) is 3. The Morgan fingerprint density at radius 1 is 0.821 bits per heavy atom. The molecule has 0 aliphatic rings. The van der Waals surface area contributed by atoms with Crippen LogP contribution in [0.3, 0.4) is 0 Å². The van der Waals surface area contributed by atoms with Gasteiger partial charge in [-0.25, -0.2) is 5.43 Å². The Kier molecular flexibility index (Phi) is 10.7. The molecule has 0 aromatic heterocycles. The van der Waals surface area contributed by atoms with E-state index in [2.05, 4.69) is 21.2 Å². The second-order valence-corrected chi connectivity index (χ2v) is 7.93. The Labute approximate surface area is 226 Å². The normalized spacial score (nSPS) is 10.4. The van der Waals surface area contributed by atoms with Crippen LogP contribution in [0.5, 0.6) is 23.0 Å². The van der Waals surface area contributed by atoms with Gasteiger partial charge in [-0.2, -0.15) is 5.10 Å². The summed E-state index contributed by atoms with van der Waals surface area (Å²) in [5, 5.41) is 9.09. The maximum atomic E-state index is 12.3. The van der Waals surface area contributed by atoms with Gasteiger partial charge in [0, 0.05) is 12.2 Å². The number of nitrogens with zero attached hydrogens (tertiary/aromatic N) is 1. The number of ether oxygens (including phenoxy) is 4. The van der Waals surface area contributed by atoms with Crippen molar-refractivity contribution in [3.05, 3.63) is 77.9 Å². The molecule has 0 spiro atoms. The minimum absolute atomic E-state index is 0.178. The van der Waals surface area contributed by atoms with Gasteiger partial charge in [0.25, 0.3) is 5.91 Å². The zero-order valence-electron chi connectivity index (χ0n) is 21.9. The Hall–Kier alpha value is -5.06. The van der Waals surface area contributed by atoms with E-state index in [0.29, 0.717) is 40.9 Å². The van der Waals surface area contributed by atoms with E-state index in [9.17, 15) is 14.4 Å². The summed E-state index contributed by atoms with van der Waals surface area (Å²) < 4.78 is 21.4. The first-order valence-corrected chi connectivity index (χ1v) is 12.0. The van der Waals surface area contributed by atoms with Crippen LogP contribution in [0.15, 0.2) is 71.8 Å². The summed E-state index contributed by atoms with van der Waals surface area (Å²) in [6.07, 6.45) is 1.36. The third-order valence-corrected chi connectivity index (χ3v) is 5.20. The molecule has 0 fully saturated rings. The molecular formula is C28H30N4O7. The zero-order chi connectivity index (χ0) is 28.0. The topological polar surface area (TPSA) is 137 Å². The van der Waals surface area contributed by atoms with Crippen molar-refractivity contribution in [3.8, 4) is 23.0 Å². The molecule has 0 aliphatic carbocycles. The minimum atomic E-state index is -0.910. The highest BCUT2D eigenvalue weighted by molar-refractivity contribution is 6.35. The van der Waals surface area contributed by atoms with E-state index in [-0.39, 0.29) is 19.1 Å².